The van der Waals surface area contributed by atoms with Crippen LogP contribution in [-0.2, 0) is 10.8 Å². The highest BCUT2D eigenvalue weighted by molar-refractivity contribution is 9.10. The molecule has 0 saturated heterocycles. The molecule has 0 heterocycles. The van der Waals surface area contributed by atoms with Crippen molar-refractivity contribution in [3.05, 3.63) is 34.3 Å². The molecule has 1 rings (SSSR count). The maximum atomic E-state index is 12.0. The smallest absolute Gasteiger partial charge is 0.178 e. The molecule has 0 N–H and O–H groups in total. The third kappa shape index (κ3) is 3.25. The summed E-state index contributed by atoms with van der Waals surface area (Å²) in [4.78, 5) is 12.0. The van der Waals surface area contributed by atoms with E-state index >= 15 is 0 Å². The molecule has 1 aromatic rings. The normalized spacial score (nSPS) is 14.8. The number of benzene rings is 1. The summed E-state index contributed by atoms with van der Waals surface area (Å²) >= 11 is 3.31. The summed E-state index contributed by atoms with van der Waals surface area (Å²) in [7, 11) is -1.11. The SMILES string of the molecule is CC(C)S(=O)C(C)C(=O)c1ccc(Br)cc1. The van der Waals surface area contributed by atoms with Crippen molar-refractivity contribution < 1.29 is 9.00 Å². The molecule has 0 aliphatic rings. The highest BCUT2D eigenvalue weighted by Gasteiger charge is 2.23. The first kappa shape index (κ1) is 13.6. The number of halogens is 1. The lowest BCUT2D eigenvalue weighted by Gasteiger charge is -2.13. The zero-order chi connectivity index (χ0) is 12.3. The average Bonchev–Trinajstić information content (AvgIpc) is 2.27. The van der Waals surface area contributed by atoms with Gasteiger partial charge in [-0.15, -0.1) is 0 Å². The highest BCUT2D eigenvalue weighted by Crippen LogP contribution is 2.15. The fraction of sp³-hybridized carbons (Fsp3) is 0.417. The first-order valence-electron chi connectivity index (χ1n) is 5.12. The number of hydrogen-bond donors (Lipinski definition) is 0. The standard InChI is InChI=1S/C12H15BrO2S/c1-8(2)16(15)9(3)12(14)10-4-6-11(13)7-5-10/h4-9H,1-3H3. The van der Waals surface area contributed by atoms with E-state index < -0.39 is 16.0 Å². The molecule has 0 radical (unpaired) electrons. The van der Waals surface area contributed by atoms with Crippen molar-refractivity contribution in [3.63, 3.8) is 0 Å². The second-order valence-electron chi connectivity index (χ2n) is 3.89. The Labute approximate surface area is 107 Å². The first-order valence-corrected chi connectivity index (χ1v) is 7.19. The molecule has 0 bridgehead atoms. The second-order valence-corrected chi connectivity index (χ2v) is 7.11. The molecule has 0 aromatic heterocycles. The van der Waals surface area contributed by atoms with E-state index in [1.807, 2.05) is 26.0 Å². The van der Waals surface area contributed by atoms with Gasteiger partial charge >= 0.3 is 0 Å². The molecule has 0 aliphatic heterocycles. The summed E-state index contributed by atoms with van der Waals surface area (Å²) in [6.07, 6.45) is 0. The average molecular weight is 303 g/mol. The largest absolute Gasteiger partial charge is 0.293 e. The Balaban J connectivity index is 2.86. The van der Waals surface area contributed by atoms with Crippen LogP contribution in [0.1, 0.15) is 31.1 Å². The van der Waals surface area contributed by atoms with Gasteiger partial charge < -0.3 is 0 Å². The van der Waals surface area contributed by atoms with Crippen LogP contribution in [-0.4, -0.2) is 20.5 Å². The maximum absolute atomic E-state index is 12.0. The summed E-state index contributed by atoms with van der Waals surface area (Å²) in [5.41, 5.74) is 0.615. The minimum absolute atomic E-state index is 0.00870. The minimum atomic E-state index is -1.11. The molecule has 88 valence electrons. The summed E-state index contributed by atoms with van der Waals surface area (Å²) < 4.78 is 12.7. The van der Waals surface area contributed by atoms with Crippen molar-refractivity contribution in [3.8, 4) is 0 Å². The fourth-order valence-electron chi connectivity index (χ4n) is 1.36. The molecule has 2 nitrogen and oxygen atoms in total. The Bertz CT molecular complexity index is 398. The molecular formula is C12H15BrO2S. The topological polar surface area (TPSA) is 34.1 Å². The maximum Gasteiger partial charge on any atom is 0.178 e. The van der Waals surface area contributed by atoms with E-state index in [9.17, 15) is 9.00 Å². The van der Waals surface area contributed by atoms with E-state index in [1.54, 1.807) is 19.1 Å². The zero-order valence-electron chi connectivity index (χ0n) is 9.57. The van der Waals surface area contributed by atoms with Crippen LogP contribution in [0.4, 0.5) is 0 Å². The van der Waals surface area contributed by atoms with Crippen LogP contribution >= 0.6 is 15.9 Å². The van der Waals surface area contributed by atoms with Crippen molar-refractivity contribution in [2.75, 3.05) is 0 Å². The van der Waals surface area contributed by atoms with E-state index in [4.69, 9.17) is 0 Å². The quantitative estimate of drug-likeness (QED) is 0.801. The molecule has 0 fully saturated rings. The number of carbonyl (C=O) groups excluding carboxylic acids is 1. The van der Waals surface area contributed by atoms with Crippen LogP contribution in [0.3, 0.4) is 0 Å². The third-order valence-corrected chi connectivity index (χ3v) is 4.68. The molecule has 0 aliphatic carbocycles. The Morgan fingerprint density at radius 1 is 1.19 bits per heavy atom. The molecule has 0 spiro atoms. The summed E-state index contributed by atoms with van der Waals surface area (Å²) in [5.74, 6) is -0.0560. The Hall–Kier alpha value is -0.480. The van der Waals surface area contributed by atoms with Gasteiger partial charge in [-0.3, -0.25) is 9.00 Å². The fourth-order valence-corrected chi connectivity index (χ4v) is 2.79. The van der Waals surface area contributed by atoms with Crippen LogP contribution in [0.2, 0.25) is 0 Å². The molecule has 2 atom stereocenters. The molecule has 0 amide bonds. The molecule has 1 aromatic carbocycles. The van der Waals surface area contributed by atoms with Crippen molar-refractivity contribution in [1.29, 1.82) is 0 Å². The number of Topliss-reactive ketones (excluding diaryl/α,β-unsaturated/α-hetero) is 1. The van der Waals surface area contributed by atoms with Gasteiger partial charge in [-0.1, -0.05) is 41.9 Å². The van der Waals surface area contributed by atoms with Gasteiger partial charge in [-0.2, -0.15) is 0 Å². The van der Waals surface area contributed by atoms with E-state index in [0.29, 0.717) is 5.56 Å². The zero-order valence-corrected chi connectivity index (χ0v) is 12.0. The van der Waals surface area contributed by atoms with E-state index in [2.05, 4.69) is 15.9 Å². The van der Waals surface area contributed by atoms with Crippen LogP contribution in [0.15, 0.2) is 28.7 Å². The van der Waals surface area contributed by atoms with Gasteiger partial charge in [-0.05, 0) is 19.1 Å². The lowest BCUT2D eigenvalue weighted by atomic mass is 10.1. The van der Waals surface area contributed by atoms with Crippen LogP contribution in [0.25, 0.3) is 0 Å². The first-order chi connectivity index (χ1) is 7.43. The molecular weight excluding hydrogens is 288 g/mol. The van der Waals surface area contributed by atoms with Gasteiger partial charge in [0.1, 0.15) is 0 Å². The number of carbonyl (C=O) groups is 1. The van der Waals surface area contributed by atoms with Gasteiger partial charge in [0.25, 0.3) is 0 Å². The van der Waals surface area contributed by atoms with Crippen LogP contribution in [0.5, 0.6) is 0 Å². The Morgan fingerprint density at radius 2 is 1.69 bits per heavy atom. The molecule has 2 unspecified atom stereocenters. The van der Waals surface area contributed by atoms with E-state index in [-0.39, 0.29) is 11.0 Å². The lowest BCUT2D eigenvalue weighted by molar-refractivity contribution is 0.0992. The molecule has 0 saturated carbocycles. The van der Waals surface area contributed by atoms with Crippen molar-refractivity contribution >= 4 is 32.5 Å². The van der Waals surface area contributed by atoms with Crippen molar-refractivity contribution in [2.24, 2.45) is 0 Å². The van der Waals surface area contributed by atoms with Gasteiger partial charge in [0.15, 0.2) is 5.78 Å². The number of rotatable bonds is 4. The summed E-state index contributed by atoms with van der Waals surface area (Å²) in [6.45, 7) is 5.45. The van der Waals surface area contributed by atoms with E-state index in [0.717, 1.165) is 4.47 Å². The number of ketones is 1. The lowest BCUT2D eigenvalue weighted by Crippen LogP contribution is -2.27. The Morgan fingerprint density at radius 3 is 2.12 bits per heavy atom. The van der Waals surface area contributed by atoms with Gasteiger partial charge in [0.2, 0.25) is 0 Å². The predicted molar refractivity (Wildman–Crippen MR) is 71.2 cm³/mol. The van der Waals surface area contributed by atoms with Gasteiger partial charge in [0, 0.05) is 26.1 Å². The predicted octanol–water partition coefficient (Wildman–Crippen LogP) is 3.18. The van der Waals surface area contributed by atoms with Gasteiger partial charge in [-0.25, -0.2) is 0 Å². The van der Waals surface area contributed by atoms with E-state index in [1.165, 1.54) is 0 Å². The summed E-state index contributed by atoms with van der Waals surface area (Å²) in [6, 6.07) is 7.14. The number of hydrogen-bond acceptors (Lipinski definition) is 2. The van der Waals surface area contributed by atoms with Crippen molar-refractivity contribution in [1.82, 2.24) is 0 Å². The van der Waals surface area contributed by atoms with Crippen LogP contribution < -0.4 is 0 Å². The second kappa shape index (κ2) is 5.73. The minimum Gasteiger partial charge on any atom is -0.293 e. The highest BCUT2D eigenvalue weighted by atomic mass is 79.9. The van der Waals surface area contributed by atoms with Crippen molar-refractivity contribution in [2.45, 2.75) is 31.3 Å². The monoisotopic (exact) mass is 302 g/mol. The Kier molecular flexibility index (Phi) is 4.87. The summed E-state index contributed by atoms with van der Waals surface area (Å²) in [5, 5.41) is -0.435. The van der Waals surface area contributed by atoms with Crippen LogP contribution in [0, 0.1) is 0 Å². The third-order valence-electron chi connectivity index (χ3n) is 2.31. The molecule has 4 heteroatoms. The molecule has 16 heavy (non-hydrogen) atoms. The van der Waals surface area contributed by atoms with Gasteiger partial charge in [0.05, 0.1) is 5.25 Å².